The van der Waals surface area contributed by atoms with Crippen molar-refractivity contribution in [3.63, 3.8) is 0 Å². The Bertz CT molecular complexity index is 1260. The molecule has 0 radical (unpaired) electrons. The summed E-state index contributed by atoms with van der Waals surface area (Å²) < 4.78 is 30.7. The van der Waals surface area contributed by atoms with Crippen LogP contribution in [0, 0.1) is 5.92 Å². The molecule has 0 aliphatic carbocycles. The Kier molecular flexibility index (Phi) is 15.2. The molecule has 254 valence electrons. The minimum Gasteiger partial charge on any atom is -0.428 e. The molecule has 6 atom stereocenters. The first-order valence-corrected chi connectivity index (χ1v) is 16.5. The van der Waals surface area contributed by atoms with E-state index in [9.17, 15) is 33.3 Å². The number of amides is 4. The second kappa shape index (κ2) is 18.3. The van der Waals surface area contributed by atoms with E-state index in [2.05, 4.69) is 25.8 Å². The van der Waals surface area contributed by atoms with Gasteiger partial charge >= 0.3 is 14.2 Å². The van der Waals surface area contributed by atoms with Gasteiger partial charge in [-0.05, 0) is 49.2 Å². The number of carbonyl (C=O) groups excluding carboxylic acids is 6. The van der Waals surface area contributed by atoms with Crippen LogP contribution >= 0.6 is 8.03 Å². The summed E-state index contributed by atoms with van der Waals surface area (Å²) in [4.78, 5) is 76.7. The van der Waals surface area contributed by atoms with Gasteiger partial charge in [-0.3, -0.25) is 24.0 Å². The van der Waals surface area contributed by atoms with Crippen molar-refractivity contribution < 1.29 is 52.1 Å². The highest BCUT2D eigenvalue weighted by Crippen LogP contribution is 2.26. The molecule has 1 unspecified atom stereocenters. The maximum absolute atomic E-state index is 13.6. The molecule has 2 rings (SSSR count). The van der Waals surface area contributed by atoms with Crippen LogP contribution in [0.25, 0.3) is 0 Å². The van der Waals surface area contributed by atoms with E-state index in [-0.39, 0.29) is 25.4 Å². The molecule has 0 bridgehead atoms. The summed E-state index contributed by atoms with van der Waals surface area (Å²) in [5.74, 6) is -3.13. The van der Waals surface area contributed by atoms with Crippen molar-refractivity contribution >= 4 is 43.6 Å². The van der Waals surface area contributed by atoms with Gasteiger partial charge < -0.3 is 35.5 Å². The monoisotopic (exact) mass is 667 g/mol. The molecule has 4 amide bonds. The maximum atomic E-state index is 13.6. The first-order valence-electron chi connectivity index (χ1n) is 14.8. The van der Waals surface area contributed by atoms with E-state index in [0.29, 0.717) is 6.42 Å². The van der Waals surface area contributed by atoms with Crippen molar-refractivity contribution in [2.75, 3.05) is 26.6 Å². The number of ketones is 1. The van der Waals surface area contributed by atoms with Crippen molar-refractivity contribution in [1.82, 2.24) is 21.3 Å². The summed E-state index contributed by atoms with van der Waals surface area (Å²) >= 11 is 0. The Morgan fingerprint density at radius 3 is 2.15 bits per heavy atom. The van der Waals surface area contributed by atoms with Gasteiger partial charge in [-0.2, -0.15) is 0 Å². The molecule has 1 aliphatic rings. The number of Topliss-reactive ketones (excluding diaryl/α,β-unsaturated/α-hetero) is 1. The molecule has 4 N–H and O–H groups in total. The zero-order valence-corrected chi connectivity index (χ0v) is 27.8. The van der Waals surface area contributed by atoms with E-state index in [4.69, 9.17) is 14.2 Å². The van der Waals surface area contributed by atoms with Gasteiger partial charge in [0.05, 0.1) is 13.2 Å². The van der Waals surface area contributed by atoms with Crippen LogP contribution in [0.4, 0.5) is 4.79 Å². The molecular weight excluding hydrogens is 623 g/mol. The lowest BCUT2D eigenvalue weighted by atomic mass is 10.00. The third-order valence-corrected chi connectivity index (χ3v) is 7.40. The molecule has 0 spiro atoms. The van der Waals surface area contributed by atoms with Crippen molar-refractivity contribution in [3.05, 3.63) is 35.9 Å². The van der Waals surface area contributed by atoms with Crippen molar-refractivity contribution in [3.8, 4) is 0 Å². The van der Waals surface area contributed by atoms with Gasteiger partial charge in [0.25, 0.3) is 0 Å². The Hall–Kier alpha value is -3.94. The highest BCUT2D eigenvalue weighted by atomic mass is 31.1. The van der Waals surface area contributed by atoms with Gasteiger partial charge in [-0.25, -0.2) is 4.79 Å². The lowest BCUT2D eigenvalue weighted by molar-refractivity contribution is -0.136. The number of benzene rings is 1. The lowest BCUT2D eigenvalue weighted by Crippen LogP contribution is -2.60. The third-order valence-electron chi connectivity index (χ3n) is 6.93. The number of nitrogens with one attached hydrogen (secondary N) is 4. The van der Waals surface area contributed by atoms with E-state index < -0.39 is 86.8 Å². The summed E-state index contributed by atoms with van der Waals surface area (Å²) in [6.07, 6.45) is -1.69. The second-order valence-electron chi connectivity index (χ2n) is 11.5. The standard InChI is InChI=1S/C30H43N4O11P/c1-18(2)14-23(33-26(37)22(32-20(4)35)13-12-21-10-8-7-9-11-21)27(38)34-25(19(3)45-29(40)42-17-44-46(6)41)28(39)31-15-24(36)30(5)16-43-30/h7-11,18-19,22-23,25H,12-17H2,1-6H3,(H3-,31,32,33,34,35,37,38,39)/p+1/t19-,22+,23+,25+,30-/m1/s1. The molecule has 0 aromatic heterocycles. The highest BCUT2D eigenvalue weighted by molar-refractivity contribution is 7.38. The Morgan fingerprint density at radius 2 is 1.59 bits per heavy atom. The van der Waals surface area contributed by atoms with Crippen LogP contribution in [0.5, 0.6) is 0 Å². The highest BCUT2D eigenvalue weighted by Gasteiger charge is 2.47. The minimum atomic E-state index is -2.05. The summed E-state index contributed by atoms with van der Waals surface area (Å²) in [5.41, 5.74) is -0.0465. The molecule has 1 aromatic carbocycles. The van der Waals surface area contributed by atoms with Crippen molar-refractivity contribution in [2.24, 2.45) is 5.92 Å². The van der Waals surface area contributed by atoms with Gasteiger partial charge in [-0.15, -0.1) is 4.52 Å². The zero-order chi connectivity index (χ0) is 34.4. The molecular formula is C30H44N4O11P+. The molecule has 1 aromatic rings. The van der Waals surface area contributed by atoms with E-state index >= 15 is 0 Å². The largest absolute Gasteiger partial charge is 0.510 e. The Morgan fingerprint density at radius 1 is 0.957 bits per heavy atom. The van der Waals surface area contributed by atoms with Gasteiger partial charge in [-0.1, -0.05) is 44.2 Å². The fraction of sp³-hybridized carbons (Fsp3) is 0.600. The smallest absolute Gasteiger partial charge is 0.428 e. The van der Waals surface area contributed by atoms with Crippen molar-refractivity contribution in [2.45, 2.75) is 83.7 Å². The maximum Gasteiger partial charge on any atom is 0.510 e. The molecule has 1 heterocycles. The molecule has 0 saturated carbocycles. The quantitative estimate of drug-likeness (QED) is 0.0719. The number of rotatable bonds is 19. The summed E-state index contributed by atoms with van der Waals surface area (Å²) in [6, 6.07) is 5.75. The topological polar surface area (TPSA) is 208 Å². The number of ether oxygens (including phenoxy) is 3. The normalized spacial score (nSPS) is 18.2. The third kappa shape index (κ3) is 13.6. The van der Waals surface area contributed by atoms with E-state index in [1.807, 2.05) is 44.2 Å². The van der Waals surface area contributed by atoms with E-state index in [1.54, 1.807) is 6.92 Å². The number of carbonyl (C=O) groups is 6. The van der Waals surface area contributed by atoms with Crippen LogP contribution in [0.3, 0.4) is 0 Å². The fourth-order valence-corrected chi connectivity index (χ4v) is 4.43. The van der Waals surface area contributed by atoms with Gasteiger partial charge in [0.2, 0.25) is 30.4 Å². The Balaban J connectivity index is 2.19. The molecule has 1 saturated heterocycles. The number of hydrogen-bond acceptors (Lipinski definition) is 11. The average Bonchev–Trinajstić information content (AvgIpc) is 3.74. The van der Waals surface area contributed by atoms with Crippen LogP contribution in [-0.2, 0) is 53.7 Å². The predicted molar refractivity (Wildman–Crippen MR) is 165 cm³/mol. The summed E-state index contributed by atoms with van der Waals surface area (Å²) in [6.45, 7) is 8.21. The summed E-state index contributed by atoms with van der Waals surface area (Å²) in [7, 11) is -2.05. The van der Waals surface area contributed by atoms with Gasteiger partial charge in [0.1, 0.15) is 29.8 Å². The molecule has 15 nitrogen and oxygen atoms in total. The van der Waals surface area contributed by atoms with Crippen LogP contribution in [0.1, 0.15) is 53.0 Å². The minimum absolute atomic E-state index is 0.0857. The fourth-order valence-electron chi connectivity index (χ4n) is 4.23. The van der Waals surface area contributed by atoms with E-state index in [0.717, 1.165) is 5.56 Å². The van der Waals surface area contributed by atoms with E-state index in [1.165, 1.54) is 20.5 Å². The van der Waals surface area contributed by atoms with Crippen LogP contribution in [-0.4, -0.2) is 92.0 Å². The predicted octanol–water partition coefficient (Wildman–Crippen LogP) is 1.50. The average molecular weight is 668 g/mol. The number of aryl methyl sites for hydroxylation is 1. The number of epoxide rings is 1. The zero-order valence-electron chi connectivity index (χ0n) is 27.0. The Labute approximate surface area is 269 Å². The molecule has 46 heavy (non-hydrogen) atoms. The molecule has 1 fully saturated rings. The van der Waals surface area contributed by atoms with Crippen LogP contribution < -0.4 is 21.3 Å². The SMILES string of the molecule is CC(=O)N[C@@H](CCc1ccccc1)C(=O)N[C@@H](CC(C)C)C(=O)N[C@H](C(=O)NCC(=O)[C@@]1(C)CO1)[C@@H](C)OC(=O)OCO[P+](C)=O. The van der Waals surface area contributed by atoms with Crippen LogP contribution in [0.2, 0.25) is 0 Å². The van der Waals surface area contributed by atoms with Gasteiger partial charge in [0.15, 0.2) is 12.4 Å². The van der Waals surface area contributed by atoms with Crippen LogP contribution in [0.15, 0.2) is 30.3 Å². The first-order chi connectivity index (χ1) is 21.6. The lowest BCUT2D eigenvalue weighted by Gasteiger charge is -2.28. The first kappa shape index (κ1) is 38.2. The molecule has 1 aliphatic heterocycles. The summed E-state index contributed by atoms with van der Waals surface area (Å²) in [5, 5.41) is 10.3. The van der Waals surface area contributed by atoms with Gasteiger partial charge in [0, 0.05) is 6.92 Å². The molecule has 16 heteroatoms. The van der Waals surface area contributed by atoms with Crippen molar-refractivity contribution in [1.29, 1.82) is 0 Å². The second-order valence-corrected chi connectivity index (χ2v) is 12.7. The number of hydrogen-bond donors (Lipinski definition) is 4.